The Morgan fingerprint density at radius 3 is 2.64 bits per heavy atom. The van der Waals surface area contributed by atoms with Crippen molar-refractivity contribution in [2.75, 3.05) is 38.0 Å². The number of hydrogen-bond donors (Lipinski definition) is 2. The molecule has 0 spiro atoms. The molecular formula is C25H31N5O2S. The molecule has 3 heterocycles. The van der Waals surface area contributed by atoms with Gasteiger partial charge in [-0.25, -0.2) is 4.98 Å². The number of hydrogen-bond acceptors (Lipinski definition) is 5. The van der Waals surface area contributed by atoms with Crippen LogP contribution < -0.4 is 5.32 Å². The molecule has 2 amide bonds. The predicted molar refractivity (Wildman–Crippen MR) is 134 cm³/mol. The van der Waals surface area contributed by atoms with Crippen LogP contribution in [-0.4, -0.2) is 64.3 Å². The summed E-state index contributed by atoms with van der Waals surface area (Å²) in [7, 11) is 0. The monoisotopic (exact) mass is 465 g/mol. The van der Waals surface area contributed by atoms with Gasteiger partial charge in [0.15, 0.2) is 0 Å². The summed E-state index contributed by atoms with van der Waals surface area (Å²) in [6, 6.07) is 7.90. The van der Waals surface area contributed by atoms with Gasteiger partial charge >= 0.3 is 0 Å². The smallest absolute Gasteiger partial charge is 0.270 e. The molecule has 1 aliphatic rings. The number of carbonyl (C=O) groups excluding carboxylic acids is 2. The average molecular weight is 466 g/mol. The molecule has 1 aliphatic heterocycles. The number of likely N-dealkylation sites (tertiary alicyclic amines) is 1. The van der Waals surface area contributed by atoms with E-state index in [1.54, 1.807) is 11.3 Å². The van der Waals surface area contributed by atoms with Gasteiger partial charge < -0.3 is 15.2 Å². The van der Waals surface area contributed by atoms with Gasteiger partial charge in [0.2, 0.25) is 5.91 Å². The van der Waals surface area contributed by atoms with Crippen LogP contribution in [0, 0.1) is 6.92 Å². The van der Waals surface area contributed by atoms with Crippen LogP contribution >= 0.6 is 11.3 Å². The van der Waals surface area contributed by atoms with Gasteiger partial charge in [0.05, 0.1) is 12.2 Å². The van der Waals surface area contributed by atoms with Crippen molar-refractivity contribution < 1.29 is 9.59 Å². The lowest BCUT2D eigenvalue weighted by molar-refractivity contribution is -0.117. The number of nitrogens with one attached hydrogen (secondary N) is 2. The van der Waals surface area contributed by atoms with Crippen LogP contribution in [0.3, 0.4) is 0 Å². The number of thiazole rings is 1. The minimum Gasteiger partial charge on any atom is -0.357 e. The second-order valence-corrected chi connectivity index (χ2v) is 9.24. The van der Waals surface area contributed by atoms with Crippen molar-refractivity contribution in [3.8, 4) is 21.8 Å². The Balaban J connectivity index is 1.49. The molecule has 0 radical (unpaired) electrons. The van der Waals surface area contributed by atoms with Crippen LogP contribution in [0.25, 0.3) is 21.8 Å². The fraction of sp³-hybridized carbons (Fsp3) is 0.400. The Morgan fingerprint density at radius 1 is 1.15 bits per heavy atom. The highest BCUT2D eigenvalue weighted by molar-refractivity contribution is 7.13. The van der Waals surface area contributed by atoms with Gasteiger partial charge in [-0.2, -0.15) is 0 Å². The third-order valence-electron chi connectivity index (χ3n) is 6.13. The number of aromatic amines is 1. The van der Waals surface area contributed by atoms with Crippen LogP contribution in [0.1, 0.15) is 42.7 Å². The number of likely N-dealkylation sites (N-methyl/N-ethyl adjacent to an activating group) is 1. The number of benzene rings is 1. The fourth-order valence-corrected chi connectivity index (χ4v) is 4.85. The second kappa shape index (κ2) is 10.3. The minimum absolute atomic E-state index is 0.0127. The summed E-state index contributed by atoms with van der Waals surface area (Å²) in [5.41, 5.74) is 5.12. The van der Waals surface area contributed by atoms with Gasteiger partial charge in [0.1, 0.15) is 10.7 Å². The van der Waals surface area contributed by atoms with Crippen LogP contribution in [0.15, 0.2) is 35.8 Å². The van der Waals surface area contributed by atoms with E-state index in [9.17, 15) is 9.59 Å². The number of rotatable bonds is 8. The summed E-state index contributed by atoms with van der Waals surface area (Å²) in [6.07, 6.45) is 3.99. The summed E-state index contributed by atoms with van der Waals surface area (Å²) in [6.45, 7) is 9.82. The molecule has 8 heteroatoms. The second-order valence-electron chi connectivity index (χ2n) is 8.38. The van der Waals surface area contributed by atoms with Gasteiger partial charge in [0, 0.05) is 41.5 Å². The molecule has 174 valence electrons. The molecule has 0 saturated carbocycles. The lowest BCUT2D eigenvalue weighted by Crippen LogP contribution is -2.33. The first kappa shape index (κ1) is 23.2. The lowest BCUT2D eigenvalue weighted by atomic mass is 10.1. The van der Waals surface area contributed by atoms with Gasteiger partial charge in [-0.15, -0.1) is 11.3 Å². The van der Waals surface area contributed by atoms with E-state index in [4.69, 9.17) is 4.98 Å². The van der Waals surface area contributed by atoms with Gasteiger partial charge in [0.25, 0.3) is 5.91 Å². The van der Waals surface area contributed by atoms with E-state index in [2.05, 4.69) is 29.0 Å². The highest BCUT2D eigenvalue weighted by Gasteiger charge is 2.21. The number of amides is 2. The number of carbonyl (C=O) groups is 2. The van der Waals surface area contributed by atoms with E-state index in [0.717, 1.165) is 72.1 Å². The summed E-state index contributed by atoms with van der Waals surface area (Å²) in [5.74, 6) is 0.0409. The predicted octanol–water partition coefficient (Wildman–Crippen LogP) is 4.63. The van der Waals surface area contributed by atoms with Crippen LogP contribution in [0.5, 0.6) is 0 Å². The van der Waals surface area contributed by atoms with Crippen LogP contribution in [0.2, 0.25) is 0 Å². The number of H-pyrrole nitrogens is 1. The standard InChI is InChI=1S/C25H31N5O2S/c1-4-29(5-2)15-23(31)27-20-12-18(9-8-17(20)3)24-28-22(16-33-24)19-13-21(26-14-19)25(32)30-10-6-7-11-30/h8-9,12-14,16,26H,4-7,10-11,15H2,1-3H3,(H,27,31). The summed E-state index contributed by atoms with van der Waals surface area (Å²) >= 11 is 1.55. The van der Waals surface area contributed by atoms with Crippen molar-refractivity contribution in [1.82, 2.24) is 19.8 Å². The maximum atomic E-state index is 12.6. The Labute approximate surface area is 198 Å². The first-order valence-electron chi connectivity index (χ1n) is 11.5. The van der Waals surface area contributed by atoms with E-state index in [1.807, 2.05) is 47.7 Å². The zero-order valence-electron chi connectivity index (χ0n) is 19.5. The Kier molecular flexibility index (Phi) is 7.25. The third-order valence-corrected chi connectivity index (χ3v) is 7.02. The molecule has 2 N–H and O–H groups in total. The van der Waals surface area contributed by atoms with Crippen LogP contribution in [-0.2, 0) is 4.79 Å². The quantitative estimate of drug-likeness (QED) is 0.508. The molecule has 1 aromatic carbocycles. The van der Waals surface area contributed by atoms with Crippen molar-refractivity contribution in [3.63, 3.8) is 0 Å². The Hall–Kier alpha value is -2.97. The SMILES string of the molecule is CCN(CC)CC(=O)Nc1cc(-c2nc(-c3c[nH]c(C(=O)N4CCCC4)c3)cs2)ccc1C. The van der Waals surface area contributed by atoms with E-state index in [1.165, 1.54) is 0 Å². The topological polar surface area (TPSA) is 81.3 Å². The van der Waals surface area contributed by atoms with Crippen molar-refractivity contribution in [2.45, 2.75) is 33.6 Å². The molecule has 0 bridgehead atoms. The molecule has 1 saturated heterocycles. The molecule has 2 aromatic heterocycles. The highest BCUT2D eigenvalue weighted by Crippen LogP contribution is 2.32. The Bertz CT molecular complexity index is 1130. The molecule has 0 aliphatic carbocycles. The first-order chi connectivity index (χ1) is 16.0. The average Bonchev–Trinajstić information content (AvgIpc) is 3.59. The van der Waals surface area contributed by atoms with Gasteiger partial charge in [-0.3, -0.25) is 14.5 Å². The normalized spacial score (nSPS) is 13.6. The summed E-state index contributed by atoms with van der Waals surface area (Å²) in [4.78, 5) is 37.0. The molecule has 7 nitrogen and oxygen atoms in total. The minimum atomic E-state index is -0.0127. The number of aryl methyl sites for hydroxylation is 1. The molecule has 33 heavy (non-hydrogen) atoms. The van der Waals surface area contributed by atoms with E-state index < -0.39 is 0 Å². The zero-order valence-corrected chi connectivity index (χ0v) is 20.3. The van der Waals surface area contributed by atoms with Crippen molar-refractivity contribution in [3.05, 3.63) is 47.1 Å². The van der Waals surface area contributed by atoms with Crippen LogP contribution in [0.4, 0.5) is 5.69 Å². The third kappa shape index (κ3) is 5.34. The van der Waals surface area contributed by atoms with Crippen molar-refractivity contribution >= 4 is 28.8 Å². The number of nitrogens with zero attached hydrogens (tertiary/aromatic N) is 3. The maximum Gasteiger partial charge on any atom is 0.270 e. The van der Waals surface area contributed by atoms with E-state index in [0.29, 0.717) is 12.2 Å². The summed E-state index contributed by atoms with van der Waals surface area (Å²) < 4.78 is 0. The lowest BCUT2D eigenvalue weighted by Gasteiger charge is -2.18. The molecular weight excluding hydrogens is 434 g/mol. The molecule has 0 atom stereocenters. The van der Waals surface area contributed by atoms with E-state index in [-0.39, 0.29) is 11.8 Å². The fourth-order valence-electron chi connectivity index (χ4n) is 4.02. The molecule has 4 rings (SSSR count). The van der Waals surface area contributed by atoms with Gasteiger partial charge in [-0.1, -0.05) is 26.0 Å². The maximum absolute atomic E-state index is 12.6. The largest absolute Gasteiger partial charge is 0.357 e. The number of aromatic nitrogens is 2. The van der Waals surface area contributed by atoms with E-state index >= 15 is 0 Å². The Morgan fingerprint density at radius 2 is 1.91 bits per heavy atom. The highest BCUT2D eigenvalue weighted by atomic mass is 32.1. The summed E-state index contributed by atoms with van der Waals surface area (Å²) in [5, 5.41) is 5.92. The zero-order chi connectivity index (χ0) is 23.4. The molecule has 1 fully saturated rings. The van der Waals surface area contributed by atoms with Gasteiger partial charge in [-0.05, 0) is 50.6 Å². The number of anilines is 1. The van der Waals surface area contributed by atoms with Crippen molar-refractivity contribution in [2.24, 2.45) is 0 Å². The first-order valence-corrected chi connectivity index (χ1v) is 12.4. The molecule has 0 unspecified atom stereocenters. The molecule has 3 aromatic rings. The van der Waals surface area contributed by atoms with Crippen molar-refractivity contribution in [1.29, 1.82) is 0 Å².